The molecule has 23 heavy (non-hydrogen) atoms. The van der Waals surface area contributed by atoms with E-state index in [9.17, 15) is 0 Å². The van der Waals surface area contributed by atoms with Gasteiger partial charge in [0.2, 0.25) is 0 Å². The number of hydrogen-bond acceptors (Lipinski definition) is 2. The molecule has 3 nitrogen and oxygen atoms in total. The molecule has 1 aromatic heterocycles. The quantitative estimate of drug-likeness (QED) is 0.630. The van der Waals surface area contributed by atoms with Crippen molar-refractivity contribution in [1.82, 2.24) is 9.78 Å². The Morgan fingerprint density at radius 3 is 2.74 bits per heavy atom. The summed E-state index contributed by atoms with van der Waals surface area (Å²) in [5.41, 5.74) is 6.09. The highest BCUT2D eigenvalue weighted by Crippen LogP contribution is 2.34. The van der Waals surface area contributed by atoms with Gasteiger partial charge in [-0.05, 0) is 65.3 Å². The van der Waals surface area contributed by atoms with Gasteiger partial charge in [-0.1, -0.05) is 31.2 Å². The maximum atomic E-state index is 4.92. The minimum atomic E-state index is 0.983. The topological polar surface area (TPSA) is 29.9 Å². The van der Waals surface area contributed by atoms with E-state index in [-0.39, 0.29) is 0 Å². The Hall–Kier alpha value is -1.82. The largest absolute Gasteiger partial charge is 0.369 e. The highest BCUT2D eigenvalue weighted by Gasteiger charge is 2.23. The lowest BCUT2D eigenvalue weighted by Crippen LogP contribution is -2.04. The minimum Gasteiger partial charge on any atom is -0.369 e. The second kappa shape index (κ2) is 6.00. The van der Waals surface area contributed by atoms with Gasteiger partial charge in [0.1, 0.15) is 5.82 Å². The van der Waals surface area contributed by atoms with Crippen LogP contribution in [0.1, 0.15) is 18.1 Å². The number of anilines is 1. The average Bonchev–Trinajstić information content (AvgIpc) is 3.17. The molecule has 0 atom stereocenters. The van der Waals surface area contributed by atoms with Crippen LogP contribution >= 0.6 is 22.6 Å². The summed E-state index contributed by atoms with van der Waals surface area (Å²) in [6.45, 7) is 3.16. The molecule has 0 spiro atoms. The van der Waals surface area contributed by atoms with Crippen molar-refractivity contribution in [2.45, 2.75) is 19.8 Å². The van der Waals surface area contributed by atoms with E-state index in [2.05, 4.69) is 88.0 Å². The van der Waals surface area contributed by atoms with Gasteiger partial charge in [-0.15, -0.1) is 0 Å². The first-order chi connectivity index (χ1) is 11.3. The number of hydrogen-bond donors (Lipinski definition) is 1. The highest BCUT2D eigenvalue weighted by atomic mass is 127. The predicted octanol–water partition coefficient (Wildman–Crippen LogP) is 4.67. The van der Waals surface area contributed by atoms with Crippen LogP contribution in [0.3, 0.4) is 0 Å². The minimum absolute atomic E-state index is 0.983. The van der Waals surface area contributed by atoms with E-state index in [1.165, 1.54) is 20.3 Å². The maximum absolute atomic E-state index is 4.92. The molecular weight excluding hydrogens is 397 g/mol. The summed E-state index contributed by atoms with van der Waals surface area (Å²) in [6.07, 6.45) is 2.09. The smallest absolute Gasteiger partial charge is 0.133 e. The molecule has 0 radical (unpaired) electrons. The number of aromatic nitrogens is 2. The Labute approximate surface area is 149 Å². The van der Waals surface area contributed by atoms with E-state index in [4.69, 9.17) is 5.10 Å². The van der Waals surface area contributed by atoms with Crippen molar-refractivity contribution >= 4 is 28.4 Å². The third-order valence-corrected chi connectivity index (χ3v) is 5.01. The van der Waals surface area contributed by atoms with Gasteiger partial charge in [0.05, 0.1) is 11.4 Å². The normalized spacial score (nSPS) is 13.0. The summed E-state index contributed by atoms with van der Waals surface area (Å²) >= 11 is 2.36. The van der Waals surface area contributed by atoms with Crippen LogP contribution in [-0.4, -0.2) is 16.3 Å². The van der Waals surface area contributed by atoms with Crippen molar-refractivity contribution in [3.63, 3.8) is 0 Å². The molecule has 0 bridgehead atoms. The molecule has 0 amide bonds. The molecule has 0 aliphatic carbocycles. The number of aryl methyl sites for hydroxylation is 1. The van der Waals surface area contributed by atoms with Crippen LogP contribution in [0.15, 0.2) is 48.5 Å². The number of rotatable bonds is 3. The summed E-state index contributed by atoms with van der Waals surface area (Å²) in [5.74, 6) is 1.14. The highest BCUT2D eigenvalue weighted by molar-refractivity contribution is 14.1. The Kier molecular flexibility index (Phi) is 3.85. The molecule has 1 N–H and O–H groups in total. The molecule has 0 unspecified atom stereocenters. The van der Waals surface area contributed by atoms with E-state index in [1.54, 1.807) is 0 Å². The SMILES string of the molecule is CCc1ccc(-n2nc(-c3cccc(I)c3)c3c2NCC3)cc1. The van der Waals surface area contributed by atoms with Gasteiger partial charge >= 0.3 is 0 Å². The predicted molar refractivity (Wildman–Crippen MR) is 103 cm³/mol. The lowest BCUT2D eigenvalue weighted by atomic mass is 10.1. The first-order valence-corrected chi connectivity index (χ1v) is 9.05. The van der Waals surface area contributed by atoms with E-state index >= 15 is 0 Å². The Balaban J connectivity index is 1.84. The van der Waals surface area contributed by atoms with Gasteiger partial charge in [0.25, 0.3) is 0 Å². The molecule has 4 heteroatoms. The van der Waals surface area contributed by atoms with Crippen LogP contribution in [0.25, 0.3) is 16.9 Å². The Bertz CT molecular complexity index is 850. The number of fused-ring (bicyclic) bond motifs is 1. The second-order valence-corrected chi connectivity index (χ2v) is 7.04. The van der Waals surface area contributed by atoms with Gasteiger partial charge in [0.15, 0.2) is 0 Å². The van der Waals surface area contributed by atoms with Crippen molar-refractivity contribution < 1.29 is 0 Å². The standard InChI is InChI=1S/C19H18IN3/c1-2-13-6-8-16(9-7-13)23-19-17(10-11-21-19)18(22-23)14-4-3-5-15(20)12-14/h3-9,12,21H,2,10-11H2,1H3. The molecule has 1 aliphatic rings. The Morgan fingerprint density at radius 1 is 1.17 bits per heavy atom. The van der Waals surface area contributed by atoms with Gasteiger partial charge in [-0.25, -0.2) is 4.68 Å². The van der Waals surface area contributed by atoms with Gasteiger partial charge in [-0.2, -0.15) is 5.10 Å². The average molecular weight is 415 g/mol. The third kappa shape index (κ3) is 2.65. The van der Waals surface area contributed by atoms with Gasteiger partial charge in [0, 0.05) is 21.2 Å². The molecule has 116 valence electrons. The van der Waals surface area contributed by atoms with Gasteiger partial charge in [-0.3, -0.25) is 0 Å². The number of nitrogens with zero attached hydrogens (tertiary/aromatic N) is 2. The van der Waals surface area contributed by atoms with Crippen LogP contribution in [0.5, 0.6) is 0 Å². The van der Waals surface area contributed by atoms with E-state index in [1.807, 2.05) is 0 Å². The van der Waals surface area contributed by atoms with Crippen LogP contribution in [0.4, 0.5) is 5.82 Å². The fourth-order valence-electron chi connectivity index (χ4n) is 3.10. The van der Waals surface area contributed by atoms with E-state index < -0.39 is 0 Å². The van der Waals surface area contributed by atoms with Crippen molar-refractivity contribution in [2.75, 3.05) is 11.9 Å². The van der Waals surface area contributed by atoms with Crippen molar-refractivity contribution in [2.24, 2.45) is 0 Å². The molecule has 2 heterocycles. The summed E-state index contributed by atoms with van der Waals surface area (Å²) in [5, 5.41) is 8.42. The van der Waals surface area contributed by atoms with Crippen molar-refractivity contribution in [3.8, 4) is 16.9 Å². The summed E-state index contributed by atoms with van der Waals surface area (Å²) < 4.78 is 3.29. The van der Waals surface area contributed by atoms with Crippen molar-refractivity contribution in [1.29, 1.82) is 0 Å². The summed E-state index contributed by atoms with van der Waals surface area (Å²) in [6, 6.07) is 17.2. The molecule has 0 saturated carbocycles. The van der Waals surface area contributed by atoms with Crippen LogP contribution in [-0.2, 0) is 12.8 Å². The lowest BCUT2D eigenvalue weighted by Gasteiger charge is -2.07. The number of nitrogens with one attached hydrogen (secondary N) is 1. The maximum Gasteiger partial charge on any atom is 0.133 e. The second-order valence-electron chi connectivity index (χ2n) is 5.79. The molecule has 0 saturated heterocycles. The molecule has 3 aromatic rings. The third-order valence-electron chi connectivity index (χ3n) is 4.34. The van der Waals surface area contributed by atoms with Crippen LogP contribution in [0, 0.1) is 3.57 Å². The summed E-state index contributed by atoms with van der Waals surface area (Å²) in [4.78, 5) is 0. The van der Waals surface area contributed by atoms with Crippen molar-refractivity contribution in [3.05, 3.63) is 63.2 Å². The first-order valence-electron chi connectivity index (χ1n) is 7.97. The molecule has 1 aliphatic heterocycles. The van der Waals surface area contributed by atoms with E-state index in [0.29, 0.717) is 0 Å². The zero-order valence-corrected chi connectivity index (χ0v) is 15.2. The Morgan fingerprint density at radius 2 is 2.00 bits per heavy atom. The van der Waals surface area contributed by atoms with Crippen LogP contribution in [0.2, 0.25) is 0 Å². The monoisotopic (exact) mass is 415 g/mol. The summed E-state index contributed by atoms with van der Waals surface area (Å²) in [7, 11) is 0. The first kappa shape index (κ1) is 14.8. The lowest BCUT2D eigenvalue weighted by molar-refractivity contribution is 0.881. The fourth-order valence-corrected chi connectivity index (χ4v) is 3.65. The van der Waals surface area contributed by atoms with Crippen LogP contribution < -0.4 is 5.32 Å². The zero-order valence-electron chi connectivity index (χ0n) is 13.0. The van der Waals surface area contributed by atoms with Gasteiger partial charge < -0.3 is 5.32 Å². The number of benzene rings is 2. The molecule has 2 aromatic carbocycles. The number of halogens is 1. The molecule has 4 rings (SSSR count). The fraction of sp³-hybridized carbons (Fsp3) is 0.211. The molecular formula is C19H18IN3. The zero-order chi connectivity index (χ0) is 15.8. The van der Waals surface area contributed by atoms with E-state index in [0.717, 1.165) is 36.6 Å². The molecule has 0 fully saturated rings.